The number of para-hydroxylation sites is 1. The molecule has 0 unspecified atom stereocenters. The van der Waals surface area contributed by atoms with Crippen molar-refractivity contribution in [1.82, 2.24) is 9.55 Å². The van der Waals surface area contributed by atoms with Gasteiger partial charge in [-0.2, -0.15) is 5.26 Å². The van der Waals surface area contributed by atoms with Gasteiger partial charge < -0.3 is 9.67 Å². The van der Waals surface area contributed by atoms with Gasteiger partial charge in [-0.15, -0.1) is 0 Å². The first-order chi connectivity index (χ1) is 12.1. The van der Waals surface area contributed by atoms with Gasteiger partial charge in [0.15, 0.2) is 0 Å². The molecule has 0 fully saturated rings. The molecule has 0 atom stereocenters. The first kappa shape index (κ1) is 16.7. The minimum absolute atomic E-state index is 0.230. The maximum Gasteiger partial charge on any atom is 0.337 e. The average Bonchev–Trinajstić information content (AvgIpc) is 2.98. The fraction of sp³-hybridized carbons (Fsp3) is 0.250. The summed E-state index contributed by atoms with van der Waals surface area (Å²) in [5.74, 6) is -0.0643. The van der Waals surface area contributed by atoms with Crippen LogP contribution in [-0.2, 0) is 13.0 Å². The number of hydrogen-bond donors (Lipinski definition) is 1. The number of imidazole rings is 1. The van der Waals surface area contributed by atoms with Crippen molar-refractivity contribution in [3.63, 3.8) is 0 Å². The minimum atomic E-state index is -0.962. The Balaban J connectivity index is 2.08. The summed E-state index contributed by atoms with van der Waals surface area (Å²) in [6.07, 6.45) is 2.85. The predicted molar refractivity (Wildman–Crippen MR) is 95.6 cm³/mol. The molecule has 0 radical (unpaired) electrons. The van der Waals surface area contributed by atoms with E-state index >= 15 is 0 Å². The lowest BCUT2D eigenvalue weighted by Crippen LogP contribution is -2.05. The maximum atomic E-state index is 11.5. The minimum Gasteiger partial charge on any atom is -0.478 e. The first-order valence-corrected chi connectivity index (χ1v) is 8.34. The highest BCUT2D eigenvalue weighted by atomic mass is 16.4. The van der Waals surface area contributed by atoms with Gasteiger partial charge in [0.25, 0.3) is 0 Å². The van der Waals surface area contributed by atoms with Crippen LogP contribution in [0.25, 0.3) is 11.0 Å². The van der Waals surface area contributed by atoms with E-state index in [0.717, 1.165) is 36.2 Å². The number of rotatable bonds is 6. The van der Waals surface area contributed by atoms with Crippen LogP contribution in [0.3, 0.4) is 0 Å². The monoisotopic (exact) mass is 333 g/mol. The Bertz CT molecular complexity index is 949. The molecule has 25 heavy (non-hydrogen) atoms. The molecule has 0 amide bonds. The van der Waals surface area contributed by atoms with Gasteiger partial charge in [-0.25, -0.2) is 9.78 Å². The van der Waals surface area contributed by atoms with Crippen LogP contribution in [0.4, 0.5) is 0 Å². The number of carboxylic acids is 1. The van der Waals surface area contributed by atoms with Crippen molar-refractivity contribution >= 4 is 17.0 Å². The Labute approximate surface area is 146 Å². The quantitative estimate of drug-likeness (QED) is 0.739. The molecule has 2 aromatic carbocycles. The van der Waals surface area contributed by atoms with Crippen LogP contribution in [0.15, 0.2) is 42.5 Å². The highest BCUT2D eigenvalue weighted by Crippen LogP contribution is 2.23. The number of unbranched alkanes of at least 4 members (excludes halogenated alkanes) is 1. The number of carbonyl (C=O) groups is 1. The normalized spacial score (nSPS) is 10.7. The van der Waals surface area contributed by atoms with Crippen molar-refractivity contribution < 1.29 is 9.90 Å². The summed E-state index contributed by atoms with van der Waals surface area (Å²) in [4.78, 5) is 16.1. The number of benzene rings is 2. The second-order valence-corrected chi connectivity index (χ2v) is 6.00. The Kier molecular flexibility index (Phi) is 4.80. The fourth-order valence-electron chi connectivity index (χ4n) is 2.94. The van der Waals surface area contributed by atoms with Crippen LogP contribution in [0.1, 0.15) is 47.1 Å². The molecule has 0 saturated carbocycles. The lowest BCUT2D eigenvalue weighted by molar-refractivity contribution is 0.0699. The number of nitriles is 1. The second-order valence-electron chi connectivity index (χ2n) is 6.00. The van der Waals surface area contributed by atoms with Gasteiger partial charge in [0.05, 0.1) is 22.7 Å². The van der Waals surface area contributed by atoms with E-state index in [1.165, 1.54) is 0 Å². The number of carboxylic acid groups (broad SMARTS) is 1. The lowest BCUT2D eigenvalue weighted by atomic mass is 10.1. The third-order valence-corrected chi connectivity index (χ3v) is 4.27. The highest BCUT2D eigenvalue weighted by Gasteiger charge is 2.16. The molecule has 3 aromatic rings. The molecule has 3 rings (SSSR count). The van der Waals surface area contributed by atoms with Gasteiger partial charge in [-0.3, -0.25) is 0 Å². The highest BCUT2D eigenvalue weighted by molar-refractivity contribution is 6.01. The molecule has 0 spiro atoms. The summed E-state index contributed by atoms with van der Waals surface area (Å²) < 4.78 is 2.08. The van der Waals surface area contributed by atoms with Gasteiger partial charge in [0.1, 0.15) is 11.3 Å². The Morgan fingerprint density at radius 3 is 2.64 bits per heavy atom. The molecular weight excluding hydrogens is 314 g/mol. The molecule has 0 aliphatic carbocycles. The Hall–Kier alpha value is -3.13. The summed E-state index contributed by atoms with van der Waals surface area (Å²) >= 11 is 0. The lowest BCUT2D eigenvalue weighted by Gasteiger charge is -2.09. The summed E-state index contributed by atoms with van der Waals surface area (Å²) in [6, 6.07) is 14.8. The third-order valence-electron chi connectivity index (χ3n) is 4.27. The molecule has 0 saturated heterocycles. The first-order valence-electron chi connectivity index (χ1n) is 8.34. The molecule has 5 nitrogen and oxygen atoms in total. The van der Waals surface area contributed by atoms with E-state index in [1.807, 2.05) is 18.2 Å². The average molecular weight is 333 g/mol. The summed E-state index contributed by atoms with van der Waals surface area (Å²) in [7, 11) is 0. The van der Waals surface area contributed by atoms with Crippen LogP contribution < -0.4 is 0 Å². The summed E-state index contributed by atoms with van der Waals surface area (Å²) in [5, 5.41) is 18.4. The van der Waals surface area contributed by atoms with Gasteiger partial charge >= 0.3 is 5.97 Å². The van der Waals surface area contributed by atoms with E-state index in [1.54, 1.807) is 24.3 Å². The fourth-order valence-corrected chi connectivity index (χ4v) is 2.94. The molecule has 1 heterocycles. The van der Waals surface area contributed by atoms with Crippen LogP contribution in [0, 0.1) is 11.3 Å². The predicted octanol–water partition coefficient (Wildman–Crippen LogP) is 4.00. The zero-order valence-corrected chi connectivity index (χ0v) is 14.1. The van der Waals surface area contributed by atoms with Crippen molar-refractivity contribution in [2.45, 2.75) is 32.7 Å². The van der Waals surface area contributed by atoms with Crippen LogP contribution in [-0.4, -0.2) is 20.6 Å². The van der Waals surface area contributed by atoms with E-state index in [4.69, 9.17) is 5.26 Å². The van der Waals surface area contributed by atoms with Gasteiger partial charge in [0.2, 0.25) is 0 Å². The molecule has 1 aromatic heterocycles. The zero-order chi connectivity index (χ0) is 17.8. The number of fused-ring (bicyclic) bond motifs is 1. The molecule has 0 aliphatic heterocycles. The Morgan fingerprint density at radius 2 is 2.00 bits per heavy atom. The maximum absolute atomic E-state index is 11.5. The van der Waals surface area contributed by atoms with E-state index < -0.39 is 5.97 Å². The summed E-state index contributed by atoms with van der Waals surface area (Å²) in [6.45, 7) is 2.72. The van der Waals surface area contributed by atoms with Crippen LogP contribution in [0.5, 0.6) is 0 Å². The molecule has 0 aliphatic rings. The molecule has 1 N–H and O–H groups in total. The molecule has 5 heteroatoms. The van der Waals surface area contributed by atoms with Gasteiger partial charge in [-0.1, -0.05) is 31.5 Å². The van der Waals surface area contributed by atoms with E-state index in [-0.39, 0.29) is 5.56 Å². The molecule has 126 valence electrons. The number of aromatic carboxylic acids is 1. The van der Waals surface area contributed by atoms with E-state index in [9.17, 15) is 9.90 Å². The molecular formula is C20H19N3O2. The second kappa shape index (κ2) is 7.18. The summed E-state index contributed by atoms with van der Waals surface area (Å²) in [5.41, 5.74) is 3.27. The van der Waals surface area contributed by atoms with Crippen LogP contribution in [0.2, 0.25) is 0 Å². The SMILES string of the molecule is CCCCc1nc2c(C(=O)O)cccc2n1Cc1ccc(C#N)cc1. The number of aromatic nitrogens is 2. The number of hydrogen-bond acceptors (Lipinski definition) is 3. The van der Waals surface area contributed by atoms with Gasteiger partial charge in [-0.05, 0) is 36.2 Å². The van der Waals surface area contributed by atoms with E-state index in [0.29, 0.717) is 17.6 Å². The third kappa shape index (κ3) is 3.38. The van der Waals surface area contributed by atoms with Crippen molar-refractivity contribution in [1.29, 1.82) is 5.26 Å². The zero-order valence-electron chi connectivity index (χ0n) is 14.1. The van der Waals surface area contributed by atoms with Crippen molar-refractivity contribution in [3.8, 4) is 6.07 Å². The topological polar surface area (TPSA) is 78.9 Å². The number of aryl methyl sites for hydroxylation is 1. The van der Waals surface area contributed by atoms with Crippen molar-refractivity contribution in [2.24, 2.45) is 0 Å². The van der Waals surface area contributed by atoms with Crippen molar-refractivity contribution in [2.75, 3.05) is 0 Å². The molecule has 0 bridgehead atoms. The van der Waals surface area contributed by atoms with Crippen LogP contribution >= 0.6 is 0 Å². The number of nitrogens with zero attached hydrogens (tertiary/aromatic N) is 3. The Morgan fingerprint density at radius 1 is 1.24 bits per heavy atom. The van der Waals surface area contributed by atoms with Gasteiger partial charge in [0, 0.05) is 13.0 Å². The van der Waals surface area contributed by atoms with Crippen molar-refractivity contribution in [3.05, 3.63) is 65.0 Å². The standard InChI is InChI=1S/C20H19N3O2/c1-2-3-7-18-22-19-16(20(24)25)5-4-6-17(19)23(18)13-15-10-8-14(12-21)9-11-15/h4-6,8-11H,2-3,7,13H2,1H3,(H,24,25). The van der Waals surface area contributed by atoms with E-state index in [2.05, 4.69) is 22.5 Å². The largest absolute Gasteiger partial charge is 0.478 e. The smallest absolute Gasteiger partial charge is 0.337 e.